The van der Waals surface area contributed by atoms with Gasteiger partial charge in [-0.15, -0.1) is 11.3 Å². The molecule has 1 aromatic heterocycles. The van der Waals surface area contributed by atoms with Crippen LogP contribution in [0.4, 0.5) is 0 Å². The van der Waals surface area contributed by atoms with E-state index in [2.05, 4.69) is 93.4 Å². The van der Waals surface area contributed by atoms with Crippen molar-refractivity contribution >= 4 is 30.5 Å². The van der Waals surface area contributed by atoms with Gasteiger partial charge in [0.15, 0.2) is 9.04 Å². The summed E-state index contributed by atoms with van der Waals surface area (Å²) in [6, 6.07) is 25.7. The number of rotatable bonds is 11. The Kier molecular flexibility index (Phi) is 9.31. The molecule has 3 aromatic carbocycles. The SMILES string of the molecule is C[SiH](C)OC(c1cc(-c2cc3ccc(OCc4ccccc4)cc3s2)ccc1OCCN1CCCC1)C(C)(C)C. The van der Waals surface area contributed by atoms with Crippen LogP contribution < -0.4 is 9.47 Å². The first kappa shape index (κ1) is 28.9. The maximum atomic E-state index is 6.69. The van der Waals surface area contributed by atoms with Crippen molar-refractivity contribution in [3.05, 3.63) is 83.9 Å². The lowest BCUT2D eigenvalue weighted by molar-refractivity contribution is 0.0828. The smallest absolute Gasteiger partial charge is 0.171 e. The van der Waals surface area contributed by atoms with E-state index in [-0.39, 0.29) is 11.5 Å². The minimum Gasteiger partial charge on any atom is -0.492 e. The lowest BCUT2D eigenvalue weighted by Gasteiger charge is -2.34. The average molecular weight is 574 g/mol. The fourth-order valence-electron chi connectivity index (χ4n) is 5.33. The van der Waals surface area contributed by atoms with E-state index in [1.54, 1.807) is 0 Å². The van der Waals surface area contributed by atoms with Crippen LogP contribution in [0.2, 0.25) is 13.1 Å². The van der Waals surface area contributed by atoms with Crippen LogP contribution in [0.3, 0.4) is 0 Å². The first-order valence-corrected chi connectivity index (χ1v) is 18.2. The van der Waals surface area contributed by atoms with Gasteiger partial charge >= 0.3 is 0 Å². The Morgan fingerprint density at radius 2 is 1.68 bits per heavy atom. The topological polar surface area (TPSA) is 30.9 Å². The van der Waals surface area contributed by atoms with Crippen LogP contribution in [0.5, 0.6) is 11.5 Å². The van der Waals surface area contributed by atoms with Crippen LogP contribution in [0.15, 0.2) is 72.8 Å². The molecule has 0 aliphatic carbocycles. The van der Waals surface area contributed by atoms with Gasteiger partial charge < -0.3 is 13.9 Å². The van der Waals surface area contributed by atoms with Crippen LogP contribution >= 0.6 is 11.3 Å². The molecule has 1 aliphatic heterocycles. The number of hydrogen-bond donors (Lipinski definition) is 0. The van der Waals surface area contributed by atoms with Gasteiger partial charge in [-0.2, -0.15) is 0 Å². The van der Waals surface area contributed by atoms with Crippen molar-refractivity contribution < 1.29 is 13.9 Å². The van der Waals surface area contributed by atoms with Gasteiger partial charge in [-0.05, 0) is 103 Å². The number of ether oxygens (including phenoxy) is 2. The third-order valence-electron chi connectivity index (χ3n) is 7.38. The first-order valence-electron chi connectivity index (χ1n) is 14.6. The van der Waals surface area contributed by atoms with E-state index >= 15 is 0 Å². The van der Waals surface area contributed by atoms with E-state index in [1.807, 2.05) is 29.5 Å². The summed E-state index contributed by atoms with van der Waals surface area (Å²) in [5.74, 6) is 1.85. The molecule has 2 heterocycles. The highest BCUT2D eigenvalue weighted by Gasteiger charge is 2.31. The van der Waals surface area contributed by atoms with Gasteiger partial charge in [-0.3, -0.25) is 4.90 Å². The Hall–Kier alpha value is -2.64. The number of fused-ring (bicyclic) bond motifs is 1. The van der Waals surface area contributed by atoms with E-state index in [1.165, 1.54) is 52.0 Å². The Labute approximate surface area is 245 Å². The van der Waals surface area contributed by atoms with E-state index in [0.29, 0.717) is 13.2 Å². The largest absolute Gasteiger partial charge is 0.492 e. The average Bonchev–Trinajstić information content (AvgIpc) is 3.60. The zero-order chi connectivity index (χ0) is 28.1. The minimum atomic E-state index is -1.29. The molecule has 5 rings (SSSR count). The summed E-state index contributed by atoms with van der Waals surface area (Å²) < 4.78 is 20.5. The van der Waals surface area contributed by atoms with Crippen molar-refractivity contribution in [2.75, 3.05) is 26.2 Å². The number of benzene rings is 3. The Morgan fingerprint density at radius 1 is 0.900 bits per heavy atom. The molecule has 1 atom stereocenters. The molecule has 0 saturated carbocycles. The van der Waals surface area contributed by atoms with E-state index < -0.39 is 9.04 Å². The predicted molar refractivity (Wildman–Crippen MR) is 171 cm³/mol. The summed E-state index contributed by atoms with van der Waals surface area (Å²) in [6.07, 6.45) is 2.58. The molecular weight excluding hydrogens is 531 g/mol. The fraction of sp³-hybridized carbons (Fsp3) is 0.412. The number of nitrogens with zero attached hydrogens (tertiary/aromatic N) is 1. The normalized spacial score (nSPS) is 15.2. The maximum Gasteiger partial charge on any atom is 0.171 e. The molecule has 0 amide bonds. The van der Waals surface area contributed by atoms with E-state index in [9.17, 15) is 0 Å². The molecule has 4 aromatic rings. The zero-order valence-electron chi connectivity index (χ0n) is 24.6. The van der Waals surface area contributed by atoms with Crippen LogP contribution in [-0.4, -0.2) is 40.2 Å². The van der Waals surface area contributed by atoms with Crippen molar-refractivity contribution in [2.45, 2.75) is 59.4 Å². The van der Waals surface area contributed by atoms with E-state index in [0.717, 1.165) is 23.6 Å². The highest BCUT2D eigenvalue weighted by Crippen LogP contribution is 2.44. The zero-order valence-corrected chi connectivity index (χ0v) is 26.6. The van der Waals surface area contributed by atoms with Crippen molar-refractivity contribution in [1.82, 2.24) is 4.90 Å². The molecule has 0 spiro atoms. The van der Waals surface area contributed by atoms with Gasteiger partial charge in [-0.1, -0.05) is 51.1 Å². The summed E-state index contributed by atoms with van der Waals surface area (Å²) >= 11 is 1.81. The highest BCUT2D eigenvalue weighted by molar-refractivity contribution is 7.22. The molecule has 0 N–H and O–H groups in total. The second-order valence-corrected chi connectivity index (χ2v) is 15.6. The molecule has 0 bridgehead atoms. The summed E-state index contributed by atoms with van der Waals surface area (Å²) in [6.45, 7) is 15.9. The van der Waals surface area contributed by atoms with Crippen molar-refractivity contribution in [3.63, 3.8) is 0 Å². The van der Waals surface area contributed by atoms with Crippen LogP contribution in [0.25, 0.3) is 20.5 Å². The van der Waals surface area contributed by atoms with Crippen LogP contribution in [0, 0.1) is 5.41 Å². The number of hydrogen-bond acceptors (Lipinski definition) is 5. The van der Waals surface area contributed by atoms with Gasteiger partial charge in [0.05, 0.1) is 6.10 Å². The van der Waals surface area contributed by atoms with Gasteiger partial charge in [-0.25, -0.2) is 0 Å². The monoisotopic (exact) mass is 573 g/mol. The van der Waals surface area contributed by atoms with Gasteiger partial charge in [0.1, 0.15) is 24.7 Å². The van der Waals surface area contributed by atoms with Crippen molar-refractivity contribution in [1.29, 1.82) is 0 Å². The summed E-state index contributed by atoms with van der Waals surface area (Å²) in [4.78, 5) is 3.75. The predicted octanol–water partition coefficient (Wildman–Crippen LogP) is 8.71. The van der Waals surface area contributed by atoms with Gasteiger partial charge in [0.25, 0.3) is 0 Å². The quantitative estimate of drug-likeness (QED) is 0.168. The summed E-state index contributed by atoms with van der Waals surface area (Å²) in [5.41, 5.74) is 3.49. The van der Waals surface area contributed by atoms with Crippen molar-refractivity contribution in [3.8, 4) is 21.9 Å². The second-order valence-electron chi connectivity index (χ2n) is 12.2. The molecule has 40 heavy (non-hydrogen) atoms. The summed E-state index contributed by atoms with van der Waals surface area (Å²) in [5, 5.41) is 1.23. The van der Waals surface area contributed by atoms with Gasteiger partial charge in [0, 0.05) is 21.7 Å². The molecule has 0 radical (unpaired) electrons. The molecule has 1 unspecified atom stereocenters. The van der Waals surface area contributed by atoms with Crippen LogP contribution in [-0.2, 0) is 11.0 Å². The Bertz CT molecular complexity index is 1390. The molecule has 1 saturated heterocycles. The Morgan fingerprint density at radius 3 is 2.40 bits per heavy atom. The lowest BCUT2D eigenvalue weighted by atomic mass is 9.84. The molecule has 4 nitrogen and oxygen atoms in total. The van der Waals surface area contributed by atoms with E-state index in [4.69, 9.17) is 13.9 Å². The maximum absolute atomic E-state index is 6.69. The summed E-state index contributed by atoms with van der Waals surface area (Å²) in [7, 11) is -1.29. The third kappa shape index (κ3) is 7.35. The lowest BCUT2D eigenvalue weighted by Crippen LogP contribution is -2.28. The van der Waals surface area contributed by atoms with Crippen LogP contribution in [0.1, 0.15) is 50.8 Å². The second kappa shape index (κ2) is 12.9. The standard InChI is InChI=1S/C34H43NO3SSi/c1-34(2,3)33(38-40(4)5)29-21-26(14-16-30(29)36-20-19-35-17-9-10-18-35)31-22-27-13-15-28(23-32(27)39-31)37-24-25-11-7-6-8-12-25/h6-8,11-16,21-23,33,40H,9-10,17-20,24H2,1-5H3. The molecule has 212 valence electrons. The molecule has 1 aliphatic rings. The molecule has 6 heteroatoms. The Balaban J connectivity index is 1.41. The van der Waals surface area contributed by atoms with Gasteiger partial charge in [0.2, 0.25) is 0 Å². The molecular formula is C34H43NO3SSi. The third-order valence-corrected chi connectivity index (χ3v) is 9.34. The number of thiophene rings is 1. The minimum absolute atomic E-state index is 0.0201. The number of likely N-dealkylation sites (tertiary alicyclic amines) is 1. The fourth-order valence-corrected chi connectivity index (χ4v) is 7.52. The highest BCUT2D eigenvalue weighted by atomic mass is 32.1. The molecule has 1 fully saturated rings. The van der Waals surface area contributed by atoms with Crippen molar-refractivity contribution in [2.24, 2.45) is 5.41 Å². The first-order chi connectivity index (χ1) is 19.3.